The van der Waals surface area contributed by atoms with E-state index in [-0.39, 0.29) is 29.8 Å². The lowest BCUT2D eigenvalue weighted by Gasteiger charge is -2.22. The molecule has 0 amide bonds. The smallest absolute Gasteiger partial charge is 0.153 e. The van der Waals surface area contributed by atoms with Gasteiger partial charge in [-0.25, -0.2) is 8.42 Å². The molecule has 1 unspecified atom stereocenters. The van der Waals surface area contributed by atoms with Gasteiger partial charge in [0.05, 0.1) is 17.2 Å². The molecule has 1 aromatic rings. The topological polar surface area (TPSA) is 81.1 Å². The van der Waals surface area contributed by atoms with Crippen molar-refractivity contribution >= 4 is 15.6 Å². The fraction of sp³-hybridized carbons (Fsp3) is 0.667. The van der Waals surface area contributed by atoms with E-state index in [9.17, 15) is 13.2 Å². The van der Waals surface area contributed by atoms with Gasteiger partial charge in [0.15, 0.2) is 9.84 Å². The summed E-state index contributed by atoms with van der Waals surface area (Å²) in [4.78, 5) is 12.0. The molecule has 0 aromatic carbocycles. The highest BCUT2D eigenvalue weighted by Crippen LogP contribution is 2.09. The lowest BCUT2D eigenvalue weighted by atomic mass is 10.1. The summed E-state index contributed by atoms with van der Waals surface area (Å²) in [5.74, 6) is 0.263. The molecule has 6 nitrogen and oxygen atoms in total. The molecule has 0 spiro atoms. The molecule has 0 aliphatic carbocycles. The van der Waals surface area contributed by atoms with Crippen molar-refractivity contribution in [3.63, 3.8) is 0 Å². The van der Waals surface area contributed by atoms with Crippen LogP contribution >= 0.6 is 0 Å². The highest BCUT2D eigenvalue weighted by molar-refractivity contribution is 7.91. The Morgan fingerprint density at radius 2 is 2.32 bits per heavy atom. The number of aryl methyl sites for hydroxylation is 2. The van der Waals surface area contributed by atoms with E-state index in [0.29, 0.717) is 13.0 Å². The van der Waals surface area contributed by atoms with Crippen LogP contribution in [0.5, 0.6) is 0 Å². The van der Waals surface area contributed by atoms with Crippen molar-refractivity contribution in [1.29, 1.82) is 0 Å². The maximum absolute atomic E-state index is 12.0. The maximum atomic E-state index is 12.0. The Kier molecular flexibility index (Phi) is 4.05. The molecule has 0 bridgehead atoms. The summed E-state index contributed by atoms with van der Waals surface area (Å²) in [5, 5.41) is 7.28. The van der Waals surface area contributed by atoms with Crippen molar-refractivity contribution in [1.82, 2.24) is 15.1 Å². The van der Waals surface area contributed by atoms with Crippen LogP contribution in [-0.2, 0) is 28.1 Å². The first-order valence-electron chi connectivity index (χ1n) is 6.31. The molecule has 1 fully saturated rings. The van der Waals surface area contributed by atoms with Crippen molar-refractivity contribution in [3.8, 4) is 0 Å². The van der Waals surface area contributed by atoms with E-state index in [1.807, 2.05) is 13.0 Å². The minimum atomic E-state index is -2.99. The van der Waals surface area contributed by atoms with Gasteiger partial charge in [0.25, 0.3) is 0 Å². The van der Waals surface area contributed by atoms with E-state index in [1.165, 1.54) is 0 Å². The number of ketones is 1. The average molecular weight is 285 g/mol. The summed E-state index contributed by atoms with van der Waals surface area (Å²) in [7, 11) is -1.18. The van der Waals surface area contributed by atoms with Crippen LogP contribution in [0.25, 0.3) is 0 Å². The van der Waals surface area contributed by atoms with Gasteiger partial charge >= 0.3 is 0 Å². The summed E-state index contributed by atoms with van der Waals surface area (Å²) in [6.07, 6.45) is 0.555. The number of sulfone groups is 1. The SMILES string of the molecule is Cc1cc(CC(=O)CC2CS(=O)(=O)CCN2)n(C)n1. The highest BCUT2D eigenvalue weighted by atomic mass is 32.2. The Balaban J connectivity index is 1.93. The summed E-state index contributed by atoms with van der Waals surface area (Å²) in [6, 6.07) is 1.63. The molecule has 0 saturated carbocycles. The van der Waals surface area contributed by atoms with E-state index < -0.39 is 9.84 Å². The molecule has 2 heterocycles. The number of nitrogens with one attached hydrogen (secondary N) is 1. The van der Waals surface area contributed by atoms with Gasteiger partial charge < -0.3 is 5.32 Å². The van der Waals surface area contributed by atoms with Gasteiger partial charge in [-0.15, -0.1) is 0 Å². The first-order chi connectivity index (χ1) is 8.85. The molecule has 106 valence electrons. The number of rotatable bonds is 4. The highest BCUT2D eigenvalue weighted by Gasteiger charge is 2.26. The standard InChI is InChI=1S/C12H19N3O3S/c1-9-5-11(15(2)14-9)7-12(16)6-10-8-19(17,18)4-3-13-10/h5,10,13H,3-4,6-8H2,1-2H3. The molecule has 0 radical (unpaired) electrons. The van der Waals surface area contributed by atoms with Crippen molar-refractivity contribution in [2.45, 2.75) is 25.8 Å². The lowest BCUT2D eigenvalue weighted by Crippen LogP contribution is -2.46. The average Bonchev–Trinajstić information content (AvgIpc) is 2.55. The molecule has 7 heteroatoms. The molecule has 1 aliphatic heterocycles. The van der Waals surface area contributed by atoms with Gasteiger partial charge in [0, 0.05) is 38.2 Å². The Bertz CT molecular complexity index is 577. The van der Waals surface area contributed by atoms with Crippen LogP contribution in [-0.4, -0.2) is 48.1 Å². The van der Waals surface area contributed by atoms with Crippen LogP contribution < -0.4 is 5.32 Å². The number of carbonyl (C=O) groups is 1. The third-order valence-electron chi connectivity index (χ3n) is 3.25. The normalized spacial score (nSPS) is 22.3. The first kappa shape index (κ1) is 14.2. The van der Waals surface area contributed by atoms with Gasteiger partial charge in [-0.05, 0) is 13.0 Å². The molecule has 1 N–H and O–H groups in total. The molecule has 1 saturated heterocycles. The summed E-state index contributed by atoms with van der Waals surface area (Å²) in [6.45, 7) is 2.31. The number of Topliss-reactive ketones (excluding diaryl/α,β-unsaturated/α-hetero) is 1. The molecule has 1 aromatic heterocycles. The second-order valence-corrected chi connectivity index (χ2v) is 7.31. The number of hydrogen-bond acceptors (Lipinski definition) is 5. The predicted octanol–water partition coefficient (Wildman–Crippen LogP) is -0.383. The van der Waals surface area contributed by atoms with Gasteiger partial charge in [0.2, 0.25) is 0 Å². The Labute approximate surface area is 113 Å². The Hall–Kier alpha value is -1.21. The van der Waals surface area contributed by atoms with E-state index in [4.69, 9.17) is 0 Å². The monoisotopic (exact) mass is 285 g/mol. The zero-order valence-electron chi connectivity index (χ0n) is 11.2. The van der Waals surface area contributed by atoms with Crippen LogP contribution in [0.15, 0.2) is 6.07 Å². The van der Waals surface area contributed by atoms with Gasteiger partial charge in [0.1, 0.15) is 5.78 Å². The third-order valence-corrected chi connectivity index (χ3v) is 4.99. The van der Waals surface area contributed by atoms with E-state index in [0.717, 1.165) is 11.4 Å². The van der Waals surface area contributed by atoms with Crippen LogP contribution in [0.4, 0.5) is 0 Å². The molecular formula is C12H19N3O3S. The summed E-state index contributed by atoms with van der Waals surface area (Å²) < 4.78 is 24.7. The second-order valence-electron chi connectivity index (χ2n) is 5.09. The van der Waals surface area contributed by atoms with Gasteiger partial charge in [-0.1, -0.05) is 0 Å². The van der Waals surface area contributed by atoms with Gasteiger partial charge in [-0.2, -0.15) is 5.10 Å². The largest absolute Gasteiger partial charge is 0.312 e. The van der Waals surface area contributed by atoms with E-state index in [1.54, 1.807) is 11.7 Å². The van der Waals surface area contributed by atoms with E-state index >= 15 is 0 Å². The zero-order valence-corrected chi connectivity index (χ0v) is 12.0. The Morgan fingerprint density at radius 1 is 1.58 bits per heavy atom. The van der Waals surface area contributed by atoms with E-state index in [2.05, 4.69) is 10.4 Å². The molecule has 1 aliphatic rings. The van der Waals surface area contributed by atoms with Gasteiger partial charge in [-0.3, -0.25) is 9.48 Å². The van der Waals surface area contributed by atoms with Crippen LogP contribution in [0.3, 0.4) is 0 Å². The first-order valence-corrected chi connectivity index (χ1v) is 8.13. The fourth-order valence-corrected chi connectivity index (χ4v) is 3.82. The number of nitrogens with zero attached hydrogens (tertiary/aromatic N) is 2. The lowest BCUT2D eigenvalue weighted by molar-refractivity contribution is -0.118. The quantitative estimate of drug-likeness (QED) is 0.815. The van der Waals surface area contributed by atoms with Crippen LogP contribution in [0.1, 0.15) is 17.8 Å². The van der Waals surface area contributed by atoms with Crippen molar-refractivity contribution < 1.29 is 13.2 Å². The maximum Gasteiger partial charge on any atom is 0.153 e. The van der Waals surface area contributed by atoms with Crippen LogP contribution in [0.2, 0.25) is 0 Å². The number of aromatic nitrogens is 2. The molecule has 2 rings (SSSR count). The summed E-state index contributed by atoms with van der Waals surface area (Å²) >= 11 is 0. The molecule has 19 heavy (non-hydrogen) atoms. The summed E-state index contributed by atoms with van der Waals surface area (Å²) in [5.41, 5.74) is 1.74. The fourth-order valence-electron chi connectivity index (χ4n) is 2.38. The number of carbonyl (C=O) groups excluding carboxylic acids is 1. The minimum Gasteiger partial charge on any atom is -0.312 e. The Morgan fingerprint density at radius 3 is 2.89 bits per heavy atom. The zero-order chi connectivity index (χ0) is 14.0. The van der Waals surface area contributed by atoms with Crippen LogP contribution in [0, 0.1) is 6.92 Å². The van der Waals surface area contributed by atoms with Crippen molar-refractivity contribution in [2.75, 3.05) is 18.1 Å². The van der Waals surface area contributed by atoms with Crippen molar-refractivity contribution in [2.24, 2.45) is 7.05 Å². The molecule has 1 atom stereocenters. The predicted molar refractivity (Wildman–Crippen MR) is 71.7 cm³/mol. The molecular weight excluding hydrogens is 266 g/mol. The minimum absolute atomic E-state index is 0.0394. The number of hydrogen-bond donors (Lipinski definition) is 1. The third kappa shape index (κ3) is 3.87. The second kappa shape index (κ2) is 5.42. The van der Waals surface area contributed by atoms with Crippen molar-refractivity contribution in [3.05, 3.63) is 17.5 Å².